The van der Waals surface area contributed by atoms with Crippen LogP contribution in [-0.2, 0) is 9.59 Å². The quantitative estimate of drug-likeness (QED) is 0.794. The van der Waals surface area contributed by atoms with E-state index < -0.39 is 0 Å². The van der Waals surface area contributed by atoms with Gasteiger partial charge in [0.1, 0.15) is 0 Å². The highest BCUT2D eigenvalue weighted by atomic mass is 127. The Morgan fingerprint density at radius 1 is 1.43 bits per heavy atom. The van der Waals surface area contributed by atoms with E-state index in [4.69, 9.17) is 0 Å². The zero-order chi connectivity index (χ0) is 15.0. The second-order valence-corrected chi connectivity index (χ2v) is 7.34. The molecule has 1 heterocycles. The smallest absolute Gasteiger partial charge is 0.229 e. The number of hydrogen-bond donors (Lipinski definition) is 1. The summed E-state index contributed by atoms with van der Waals surface area (Å²) in [7, 11) is 0. The molecular weight excluding hydrogens is 379 g/mol. The van der Waals surface area contributed by atoms with Crippen LogP contribution in [-0.4, -0.2) is 29.8 Å². The highest BCUT2D eigenvalue weighted by Gasteiger charge is 2.37. The predicted octanol–water partition coefficient (Wildman–Crippen LogP) is 2.80. The van der Waals surface area contributed by atoms with E-state index in [-0.39, 0.29) is 17.7 Å². The van der Waals surface area contributed by atoms with E-state index in [0.717, 1.165) is 21.4 Å². The Morgan fingerprint density at radius 2 is 2.19 bits per heavy atom. The maximum absolute atomic E-state index is 12.4. The van der Waals surface area contributed by atoms with Gasteiger partial charge in [-0.15, -0.1) is 0 Å². The standard InChI is InChI=1S/C16H19IN2O2/c1-10-6-13(17)4-5-14(10)18-16(21)12-7-15(20)19(9-12)8-11-2-3-11/h4-6,11-12H,2-3,7-9H2,1H3,(H,18,21)/t12-/m0/s1. The predicted molar refractivity (Wildman–Crippen MR) is 89.9 cm³/mol. The van der Waals surface area contributed by atoms with Crippen molar-refractivity contribution in [1.29, 1.82) is 0 Å². The molecule has 0 bridgehead atoms. The van der Waals surface area contributed by atoms with E-state index in [1.54, 1.807) is 0 Å². The van der Waals surface area contributed by atoms with Gasteiger partial charge in [-0.2, -0.15) is 0 Å². The lowest BCUT2D eigenvalue weighted by atomic mass is 10.1. The highest BCUT2D eigenvalue weighted by molar-refractivity contribution is 14.1. The summed E-state index contributed by atoms with van der Waals surface area (Å²) in [6.45, 7) is 3.40. The fraction of sp³-hybridized carbons (Fsp3) is 0.500. The molecule has 0 unspecified atom stereocenters. The fourth-order valence-corrected chi connectivity index (χ4v) is 3.39. The van der Waals surface area contributed by atoms with Crippen molar-refractivity contribution in [1.82, 2.24) is 4.90 Å². The zero-order valence-corrected chi connectivity index (χ0v) is 14.2. The summed E-state index contributed by atoms with van der Waals surface area (Å²) >= 11 is 2.25. The van der Waals surface area contributed by atoms with Crippen molar-refractivity contribution in [2.75, 3.05) is 18.4 Å². The summed E-state index contributed by atoms with van der Waals surface area (Å²) < 4.78 is 1.15. The summed E-state index contributed by atoms with van der Waals surface area (Å²) in [4.78, 5) is 26.2. The minimum atomic E-state index is -0.213. The maximum atomic E-state index is 12.4. The molecule has 1 N–H and O–H groups in total. The molecule has 0 spiro atoms. The number of rotatable bonds is 4. The molecule has 1 saturated carbocycles. The minimum absolute atomic E-state index is 0.0362. The highest BCUT2D eigenvalue weighted by Crippen LogP contribution is 2.32. The van der Waals surface area contributed by atoms with Gasteiger partial charge in [0.05, 0.1) is 5.92 Å². The van der Waals surface area contributed by atoms with Gasteiger partial charge in [0.15, 0.2) is 0 Å². The van der Waals surface area contributed by atoms with Gasteiger partial charge in [0.25, 0.3) is 0 Å². The van der Waals surface area contributed by atoms with Crippen molar-refractivity contribution >= 4 is 40.1 Å². The van der Waals surface area contributed by atoms with Crippen molar-refractivity contribution in [2.24, 2.45) is 11.8 Å². The average molecular weight is 398 g/mol. The van der Waals surface area contributed by atoms with Gasteiger partial charge in [-0.1, -0.05) is 0 Å². The SMILES string of the molecule is Cc1cc(I)ccc1NC(=O)[C@H]1CC(=O)N(CC2CC2)C1. The number of halogens is 1. The average Bonchev–Trinajstić information content (AvgIpc) is 3.16. The third-order valence-electron chi connectivity index (χ3n) is 4.21. The number of benzene rings is 1. The number of amides is 2. The first kappa shape index (κ1) is 14.8. The fourth-order valence-electron chi connectivity index (χ4n) is 2.74. The number of nitrogens with zero attached hydrogens (tertiary/aromatic N) is 1. The van der Waals surface area contributed by atoms with Crippen LogP contribution in [0.1, 0.15) is 24.8 Å². The second-order valence-electron chi connectivity index (χ2n) is 6.09. The molecule has 2 fully saturated rings. The molecule has 1 aromatic carbocycles. The summed E-state index contributed by atoms with van der Waals surface area (Å²) in [5.41, 5.74) is 1.89. The zero-order valence-electron chi connectivity index (χ0n) is 12.1. The van der Waals surface area contributed by atoms with Crippen molar-refractivity contribution in [2.45, 2.75) is 26.2 Å². The summed E-state index contributed by atoms with van der Waals surface area (Å²) in [6, 6.07) is 5.94. The van der Waals surface area contributed by atoms with E-state index in [9.17, 15) is 9.59 Å². The molecule has 0 aromatic heterocycles. The summed E-state index contributed by atoms with van der Waals surface area (Å²) in [6.07, 6.45) is 2.80. The largest absolute Gasteiger partial charge is 0.342 e. The van der Waals surface area contributed by atoms with Crippen LogP contribution in [0.25, 0.3) is 0 Å². The van der Waals surface area contributed by atoms with Gasteiger partial charge in [0.2, 0.25) is 11.8 Å². The second kappa shape index (κ2) is 5.94. The van der Waals surface area contributed by atoms with Crippen molar-refractivity contribution in [3.05, 3.63) is 27.3 Å². The van der Waals surface area contributed by atoms with Crippen molar-refractivity contribution in [3.8, 4) is 0 Å². The maximum Gasteiger partial charge on any atom is 0.229 e. The summed E-state index contributed by atoms with van der Waals surface area (Å²) in [5, 5.41) is 2.97. The summed E-state index contributed by atoms with van der Waals surface area (Å²) in [5.74, 6) is 0.552. The number of carbonyl (C=O) groups is 2. The van der Waals surface area contributed by atoms with E-state index in [1.807, 2.05) is 30.0 Å². The molecule has 4 nitrogen and oxygen atoms in total. The van der Waals surface area contributed by atoms with Crippen LogP contribution < -0.4 is 5.32 Å². The Kier molecular flexibility index (Phi) is 4.19. The van der Waals surface area contributed by atoms with Crippen LogP contribution in [0, 0.1) is 22.3 Å². The number of carbonyl (C=O) groups excluding carboxylic acids is 2. The molecule has 1 aliphatic heterocycles. The van der Waals surface area contributed by atoms with Crippen LogP contribution in [0.5, 0.6) is 0 Å². The molecule has 5 heteroatoms. The number of nitrogens with one attached hydrogen (secondary N) is 1. The number of likely N-dealkylation sites (tertiary alicyclic amines) is 1. The number of aryl methyl sites for hydroxylation is 1. The lowest BCUT2D eigenvalue weighted by molar-refractivity contribution is -0.128. The molecule has 1 atom stereocenters. The molecule has 1 aromatic rings. The molecule has 1 aliphatic carbocycles. The molecule has 1 saturated heterocycles. The Balaban J connectivity index is 1.61. The van der Waals surface area contributed by atoms with Crippen LogP contribution >= 0.6 is 22.6 Å². The monoisotopic (exact) mass is 398 g/mol. The van der Waals surface area contributed by atoms with Gasteiger partial charge >= 0.3 is 0 Å². The van der Waals surface area contributed by atoms with Crippen LogP contribution in [0.2, 0.25) is 0 Å². The van der Waals surface area contributed by atoms with Crippen molar-refractivity contribution < 1.29 is 9.59 Å². The molecule has 0 radical (unpaired) electrons. The molecule has 3 rings (SSSR count). The lowest BCUT2D eigenvalue weighted by Crippen LogP contribution is -2.30. The Bertz CT molecular complexity index is 584. The normalized spacial score (nSPS) is 21.7. The van der Waals surface area contributed by atoms with Gasteiger partial charge in [0, 0.05) is 28.8 Å². The lowest BCUT2D eigenvalue weighted by Gasteiger charge is -2.16. The first-order valence-electron chi connectivity index (χ1n) is 7.37. The first-order chi connectivity index (χ1) is 10.0. The Morgan fingerprint density at radius 3 is 2.86 bits per heavy atom. The van der Waals surface area contributed by atoms with Crippen LogP contribution in [0.4, 0.5) is 5.69 Å². The van der Waals surface area contributed by atoms with E-state index in [0.29, 0.717) is 18.9 Å². The van der Waals surface area contributed by atoms with E-state index in [2.05, 4.69) is 27.9 Å². The van der Waals surface area contributed by atoms with E-state index >= 15 is 0 Å². The number of hydrogen-bond acceptors (Lipinski definition) is 2. The third-order valence-corrected chi connectivity index (χ3v) is 4.88. The Hall–Kier alpha value is -1.11. The topological polar surface area (TPSA) is 49.4 Å². The molecular formula is C16H19IN2O2. The Labute approximate surface area is 138 Å². The first-order valence-corrected chi connectivity index (χ1v) is 8.45. The molecule has 112 valence electrons. The van der Waals surface area contributed by atoms with Gasteiger partial charge < -0.3 is 10.2 Å². The molecule has 2 aliphatic rings. The van der Waals surface area contributed by atoms with Gasteiger partial charge in [-0.05, 0) is 72.0 Å². The third kappa shape index (κ3) is 3.56. The molecule has 2 amide bonds. The van der Waals surface area contributed by atoms with Crippen LogP contribution in [0.3, 0.4) is 0 Å². The van der Waals surface area contributed by atoms with E-state index in [1.165, 1.54) is 12.8 Å². The molecule has 21 heavy (non-hydrogen) atoms. The van der Waals surface area contributed by atoms with Crippen LogP contribution in [0.15, 0.2) is 18.2 Å². The minimum Gasteiger partial charge on any atom is -0.342 e. The number of anilines is 1. The van der Waals surface area contributed by atoms with Gasteiger partial charge in [-0.3, -0.25) is 9.59 Å². The van der Waals surface area contributed by atoms with Crippen molar-refractivity contribution in [3.63, 3.8) is 0 Å². The van der Waals surface area contributed by atoms with Gasteiger partial charge in [-0.25, -0.2) is 0 Å².